The van der Waals surface area contributed by atoms with Crippen molar-refractivity contribution in [3.63, 3.8) is 0 Å². The van der Waals surface area contributed by atoms with E-state index < -0.39 is 0 Å². The second kappa shape index (κ2) is 5.09. The molecule has 0 amide bonds. The van der Waals surface area contributed by atoms with E-state index in [9.17, 15) is 0 Å². The van der Waals surface area contributed by atoms with Crippen LogP contribution in [-0.2, 0) is 13.6 Å². The normalized spacial score (nSPS) is 11.3. The number of hydrogen-bond donors (Lipinski definition) is 1. The van der Waals surface area contributed by atoms with Gasteiger partial charge in [-0.1, -0.05) is 19.1 Å². The third kappa shape index (κ3) is 3.13. The maximum absolute atomic E-state index is 4.26. The predicted octanol–water partition coefficient (Wildman–Crippen LogP) is 0.746. The Morgan fingerprint density at radius 2 is 2.24 bits per heavy atom. The van der Waals surface area contributed by atoms with E-state index in [2.05, 4.69) is 34.6 Å². The van der Waals surface area contributed by atoms with Crippen LogP contribution in [0.3, 0.4) is 0 Å². The highest BCUT2D eigenvalue weighted by Crippen LogP contribution is 2.02. The Morgan fingerprint density at radius 1 is 1.41 bits per heavy atom. The van der Waals surface area contributed by atoms with Crippen LogP contribution in [0.4, 0.5) is 0 Å². The summed E-state index contributed by atoms with van der Waals surface area (Å²) in [6.07, 6.45) is 3.78. The zero-order valence-electron chi connectivity index (χ0n) is 10.5. The zero-order valence-corrected chi connectivity index (χ0v) is 10.5. The first-order valence-corrected chi connectivity index (χ1v) is 5.77. The summed E-state index contributed by atoms with van der Waals surface area (Å²) in [5.74, 6) is 1.43. The number of aryl methyl sites for hydroxylation is 1. The minimum absolute atomic E-state index is 0.640. The molecule has 0 saturated carbocycles. The molecule has 0 unspecified atom stereocenters. The van der Waals surface area contributed by atoms with Crippen LogP contribution in [0.1, 0.15) is 19.5 Å². The zero-order chi connectivity index (χ0) is 12.3. The summed E-state index contributed by atoms with van der Waals surface area (Å²) in [4.78, 5) is 0. The summed E-state index contributed by atoms with van der Waals surface area (Å²) in [5.41, 5.74) is 0.927. The molecule has 2 rings (SSSR count). The highest BCUT2D eigenvalue weighted by Gasteiger charge is 2.04. The van der Waals surface area contributed by atoms with Crippen LogP contribution in [0, 0.1) is 5.92 Å². The van der Waals surface area contributed by atoms with Gasteiger partial charge in [-0.25, -0.2) is 4.68 Å². The summed E-state index contributed by atoms with van der Waals surface area (Å²) in [7, 11) is 1.88. The largest absolute Gasteiger partial charge is 0.311 e. The maximum atomic E-state index is 4.26. The first kappa shape index (κ1) is 11.8. The van der Waals surface area contributed by atoms with Crippen molar-refractivity contribution in [2.75, 3.05) is 6.54 Å². The molecule has 2 aromatic heterocycles. The summed E-state index contributed by atoms with van der Waals surface area (Å²) in [6.45, 7) is 6.08. The van der Waals surface area contributed by atoms with Crippen molar-refractivity contribution in [3.8, 4) is 5.82 Å². The second-order valence-electron chi connectivity index (χ2n) is 4.53. The topological polar surface area (TPSA) is 60.6 Å². The maximum Gasteiger partial charge on any atom is 0.176 e. The standard InChI is InChI=1S/C11H18N6/c1-9(2)6-12-7-10-8-17(15-13-10)11-4-5-16(3)14-11/h4-5,8-9,12H,6-7H2,1-3H3. The van der Waals surface area contributed by atoms with Crippen LogP contribution < -0.4 is 5.32 Å². The Labute approximate surface area is 101 Å². The third-order valence-corrected chi connectivity index (χ3v) is 2.33. The van der Waals surface area contributed by atoms with E-state index in [1.165, 1.54) is 0 Å². The molecule has 0 aliphatic heterocycles. The minimum atomic E-state index is 0.640. The first-order valence-electron chi connectivity index (χ1n) is 5.77. The molecule has 0 spiro atoms. The fourth-order valence-corrected chi connectivity index (χ4v) is 1.51. The number of nitrogens with one attached hydrogen (secondary N) is 1. The van der Waals surface area contributed by atoms with Gasteiger partial charge >= 0.3 is 0 Å². The quantitative estimate of drug-likeness (QED) is 0.829. The predicted molar refractivity (Wildman–Crippen MR) is 64.7 cm³/mol. The molecule has 0 aliphatic carbocycles. The molecular weight excluding hydrogens is 216 g/mol. The molecule has 2 heterocycles. The molecule has 0 saturated heterocycles. The average molecular weight is 234 g/mol. The molecule has 17 heavy (non-hydrogen) atoms. The van der Waals surface area contributed by atoms with Gasteiger partial charge in [0.1, 0.15) is 0 Å². The van der Waals surface area contributed by atoms with Crippen molar-refractivity contribution >= 4 is 0 Å². The highest BCUT2D eigenvalue weighted by molar-refractivity contribution is 5.18. The van der Waals surface area contributed by atoms with Crippen molar-refractivity contribution in [1.29, 1.82) is 0 Å². The highest BCUT2D eigenvalue weighted by atomic mass is 15.5. The van der Waals surface area contributed by atoms with Crippen LogP contribution in [0.2, 0.25) is 0 Å². The molecule has 2 aromatic rings. The van der Waals surface area contributed by atoms with Crippen LogP contribution in [0.15, 0.2) is 18.5 Å². The molecule has 1 N–H and O–H groups in total. The van der Waals surface area contributed by atoms with Crippen molar-refractivity contribution < 1.29 is 0 Å². The first-order chi connectivity index (χ1) is 8.15. The molecular formula is C11H18N6. The molecule has 0 atom stereocenters. The van der Waals surface area contributed by atoms with E-state index in [4.69, 9.17) is 0 Å². The van der Waals surface area contributed by atoms with Gasteiger partial charge in [0, 0.05) is 25.9 Å². The molecule has 6 nitrogen and oxygen atoms in total. The minimum Gasteiger partial charge on any atom is -0.311 e. The smallest absolute Gasteiger partial charge is 0.176 e. The van der Waals surface area contributed by atoms with Gasteiger partial charge in [-0.3, -0.25) is 4.68 Å². The van der Waals surface area contributed by atoms with Crippen molar-refractivity contribution in [2.45, 2.75) is 20.4 Å². The van der Waals surface area contributed by atoms with E-state index in [1.807, 2.05) is 25.5 Å². The molecule has 0 aliphatic rings. The average Bonchev–Trinajstić information content (AvgIpc) is 2.86. The Balaban J connectivity index is 1.96. The summed E-state index contributed by atoms with van der Waals surface area (Å²) in [6, 6.07) is 1.90. The van der Waals surface area contributed by atoms with Gasteiger partial charge in [-0.05, 0) is 12.5 Å². The fraction of sp³-hybridized carbons (Fsp3) is 0.545. The van der Waals surface area contributed by atoms with E-state index in [1.54, 1.807) is 9.36 Å². The molecule has 0 radical (unpaired) electrons. The fourth-order valence-electron chi connectivity index (χ4n) is 1.51. The van der Waals surface area contributed by atoms with Gasteiger partial charge in [0.25, 0.3) is 0 Å². The van der Waals surface area contributed by atoms with Gasteiger partial charge in [0.05, 0.1) is 11.9 Å². The van der Waals surface area contributed by atoms with Gasteiger partial charge in [-0.2, -0.15) is 5.10 Å². The Hall–Kier alpha value is -1.69. The van der Waals surface area contributed by atoms with E-state index in [0.29, 0.717) is 5.92 Å². The second-order valence-corrected chi connectivity index (χ2v) is 4.53. The Kier molecular flexibility index (Phi) is 3.53. The van der Waals surface area contributed by atoms with Crippen molar-refractivity contribution in [3.05, 3.63) is 24.2 Å². The SMILES string of the molecule is CC(C)CNCc1cn(-c2ccn(C)n2)nn1. The summed E-state index contributed by atoms with van der Waals surface area (Å²) in [5, 5.41) is 15.7. The van der Waals surface area contributed by atoms with Gasteiger partial charge in [0.2, 0.25) is 0 Å². The summed E-state index contributed by atoms with van der Waals surface area (Å²) < 4.78 is 3.43. The van der Waals surface area contributed by atoms with Crippen LogP contribution in [-0.4, -0.2) is 31.3 Å². The lowest BCUT2D eigenvalue weighted by atomic mass is 10.2. The van der Waals surface area contributed by atoms with Gasteiger partial charge in [0.15, 0.2) is 5.82 Å². The van der Waals surface area contributed by atoms with Crippen molar-refractivity contribution in [1.82, 2.24) is 30.1 Å². The van der Waals surface area contributed by atoms with Gasteiger partial charge in [-0.15, -0.1) is 5.10 Å². The Morgan fingerprint density at radius 3 is 2.88 bits per heavy atom. The third-order valence-electron chi connectivity index (χ3n) is 2.33. The lowest BCUT2D eigenvalue weighted by Gasteiger charge is -2.04. The summed E-state index contributed by atoms with van der Waals surface area (Å²) >= 11 is 0. The monoisotopic (exact) mass is 234 g/mol. The Bertz CT molecular complexity index is 470. The number of rotatable bonds is 5. The molecule has 92 valence electrons. The molecule has 6 heteroatoms. The van der Waals surface area contributed by atoms with E-state index in [-0.39, 0.29) is 0 Å². The van der Waals surface area contributed by atoms with Gasteiger partial charge < -0.3 is 5.32 Å². The lowest BCUT2D eigenvalue weighted by Crippen LogP contribution is -2.19. The van der Waals surface area contributed by atoms with Crippen LogP contribution in [0.25, 0.3) is 5.82 Å². The van der Waals surface area contributed by atoms with E-state index in [0.717, 1.165) is 24.6 Å². The number of nitrogens with zero attached hydrogens (tertiary/aromatic N) is 5. The molecule has 0 fully saturated rings. The van der Waals surface area contributed by atoms with Crippen LogP contribution in [0.5, 0.6) is 0 Å². The van der Waals surface area contributed by atoms with E-state index >= 15 is 0 Å². The van der Waals surface area contributed by atoms with Crippen LogP contribution >= 0.6 is 0 Å². The number of aromatic nitrogens is 5. The number of hydrogen-bond acceptors (Lipinski definition) is 4. The molecule has 0 aromatic carbocycles. The van der Waals surface area contributed by atoms with Crippen molar-refractivity contribution in [2.24, 2.45) is 13.0 Å². The lowest BCUT2D eigenvalue weighted by molar-refractivity contribution is 0.548. The molecule has 0 bridgehead atoms.